The molecule has 0 aliphatic carbocycles. The molecular formula is C16H27N5O2. The van der Waals surface area contributed by atoms with E-state index in [9.17, 15) is 9.59 Å². The molecule has 0 saturated carbocycles. The number of anilines is 1. The minimum atomic E-state index is -0.123. The van der Waals surface area contributed by atoms with E-state index in [2.05, 4.69) is 24.3 Å². The number of carbonyl (C=O) groups excluding carboxylic acids is 2. The van der Waals surface area contributed by atoms with Crippen molar-refractivity contribution in [1.29, 1.82) is 0 Å². The Kier molecular flexibility index (Phi) is 5.63. The molecule has 1 atom stereocenters. The first kappa shape index (κ1) is 17.3. The lowest BCUT2D eigenvalue weighted by Gasteiger charge is -2.21. The Morgan fingerprint density at radius 2 is 1.91 bits per heavy atom. The largest absolute Gasteiger partial charge is 0.341 e. The van der Waals surface area contributed by atoms with Gasteiger partial charge in [0, 0.05) is 39.1 Å². The van der Waals surface area contributed by atoms with Gasteiger partial charge in [-0.1, -0.05) is 6.92 Å². The molecule has 2 heterocycles. The molecule has 1 aromatic heterocycles. The van der Waals surface area contributed by atoms with Gasteiger partial charge in [-0.25, -0.2) is 4.79 Å². The number of rotatable bonds is 3. The first-order valence-corrected chi connectivity index (χ1v) is 8.29. The Hall–Kier alpha value is -2.05. The van der Waals surface area contributed by atoms with Crippen LogP contribution < -0.4 is 5.32 Å². The summed E-state index contributed by atoms with van der Waals surface area (Å²) in [5.41, 5.74) is 1.72. The number of nitrogens with one attached hydrogen (secondary N) is 1. The number of amides is 3. The molecule has 1 N–H and O–H groups in total. The fraction of sp³-hybridized carbons (Fsp3) is 0.688. The van der Waals surface area contributed by atoms with Gasteiger partial charge in [0.15, 0.2) is 0 Å². The fourth-order valence-electron chi connectivity index (χ4n) is 2.79. The average molecular weight is 321 g/mol. The second-order valence-electron chi connectivity index (χ2n) is 6.12. The molecule has 128 valence electrons. The van der Waals surface area contributed by atoms with Gasteiger partial charge in [-0.3, -0.25) is 9.48 Å². The summed E-state index contributed by atoms with van der Waals surface area (Å²) < 4.78 is 1.94. The highest BCUT2D eigenvalue weighted by atomic mass is 16.2. The number of aromatic nitrogens is 2. The van der Waals surface area contributed by atoms with E-state index in [4.69, 9.17) is 0 Å². The van der Waals surface area contributed by atoms with Crippen LogP contribution >= 0.6 is 0 Å². The van der Waals surface area contributed by atoms with E-state index in [-0.39, 0.29) is 11.9 Å². The van der Waals surface area contributed by atoms with Crippen LogP contribution in [0.3, 0.4) is 0 Å². The van der Waals surface area contributed by atoms with Crippen LogP contribution in [0.5, 0.6) is 0 Å². The maximum atomic E-state index is 12.5. The van der Waals surface area contributed by atoms with Gasteiger partial charge in [0.25, 0.3) is 0 Å². The summed E-state index contributed by atoms with van der Waals surface area (Å²) in [6.07, 6.45) is 3.50. The Morgan fingerprint density at radius 3 is 2.57 bits per heavy atom. The first-order chi connectivity index (χ1) is 10.9. The predicted molar refractivity (Wildman–Crippen MR) is 89.4 cm³/mol. The van der Waals surface area contributed by atoms with Crippen molar-refractivity contribution in [2.24, 2.45) is 0 Å². The van der Waals surface area contributed by atoms with Crippen molar-refractivity contribution in [2.75, 3.05) is 31.5 Å². The lowest BCUT2D eigenvalue weighted by molar-refractivity contribution is -0.128. The SMILES string of the molecule is CCC(C)n1ncc(NC(=O)N2CCCN(C(C)=O)CC2)c1C. The molecule has 1 unspecified atom stereocenters. The normalized spacial score (nSPS) is 16.9. The quantitative estimate of drug-likeness (QED) is 0.928. The van der Waals surface area contributed by atoms with E-state index in [0.29, 0.717) is 32.2 Å². The van der Waals surface area contributed by atoms with Gasteiger partial charge in [0.05, 0.1) is 17.6 Å². The van der Waals surface area contributed by atoms with Crippen molar-refractivity contribution >= 4 is 17.6 Å². The van der Waals surface area contributed by atoms with Crippen molar-refractivity contribution in [3.05, 3.63) is 11.9 Å². The fourth-order valence-corrected chi connectivity index (χ4v) is 2.79. The van der Waals surface area contributed by atoms with Crippen LogP contribution in [0.1, 0.15) is 45.3 Å². The lowest BCUT2D eigenvalue weighted by atomic mass is 10.2. The van der Waals surface area contributed by atoms with Gasteiger partial charge in [-0.15, -0.1) is 0 Å². The highest BCUT2D eigenvalue weighted by Crippen LogP contribution is 2.20. The molecular weight excluding hydrogens is 294 g/mol. The molecule has 0 bridgehead atoms. The molecule has 2 rings (SSSR count). The Balaban J connectivity index is 1.99. The summed E-state index contributed by atoms with van der Waals surface area (Å²) in [6, 6.07) is 0.185. The first-order valence-electron chi connectivity index (χ1n) is 8.29. The van der Waals surface area contributed by atoms with Crippen LogP contribution in [-0.4, -0.2) is 57.7 Å². The van der Waals surface area contributed by atoms with Crippen molar-refractivity contribution in [1.82, 2.24) is 19.6 Å². The molecule has 7 nitrogen and oxygen atoms in total. The topological polar surface area (TPSA) is 70.5 Å². The van der Waals surface area contributed by atoms with Crippen LogP contribution in [0, 0.1) is 6.92 Å². The molecule has 7 heteroatoms. The second-order valence-corrected chi connectivity index (χ2v) is 6.12. The summed E-state index contributed by atoms with van der Waals surface area (Å²) in [7, 11) is 0. The maximum absolute atomic E-state index is 12.5. The van der Waals surface area contributed by atoms with E-state index in [1.165, 1.54) is 0 Å². The van der Waals surface area contributed by atoms with E-state index in [1.807, 2.05) is 11.6 Å². The summed E-state index contributed by atoms with van der Waals surface area (Å²) >= 11 is 0. The molecule has 1 saturated heterocycles. The third kappa shape index (κ3) is 4.03. The van der Waals surface area contributed by atoms with Crippen molar-refractivity contribution in [2.45, 2.75) is 46.6 Å². The predicted octanol–water partition coefficient (Wildman–Crippen LogP) is 2.25. The molecule has 0 radical (unpaired) electrons. The summed E-state index contributed by atoms with van der Waals surface area (Å²) in [5.74, 6) is 0.0675. The zero-order valence-corrected chi connectivity index (χ0v) is 14.5. The molecule has 0 spiro atoms. The van der Waals surface area contributed by atoms with Gasteiger partial charge in [0.1, 0.15) is 0 Å². The average Bonchev–Trinajstić information content (AvgIpc) is 2.76. The molecule has 1 fully saturated rings. The third-order valence-corrected chi connectivity index (χ3v) is 4.52. The van der Waals surface area contributed by atoms with Crippen LogP contribution in [-0.2, 0) is 4.79 Å². The molecule has 1 aliphatic heterocycles. The number of hydrogen-bond donors (Lipinski definition) is 1. The Labute approximate surface area is 137 Å². The summed E-state index contributed by atoms with van der Waals surface area (Å²) in [4.78, 5) is 27.5. The number of urea groups is 1. The zero-order valence-electron chi connectivity index (χ0n) is 14.5. The summed E-state index contributed by atoms with van der Waals surface area (Å²) in [5, 5.41) is 7.32. The minimum absolute atomic E-state index is 0.0675. The standard InChI is InChI=1S/C16H27N5O2/c1-5-12(2)21-13(3)15(11-17-21)18-16(23)20-8-6-7-19(9-10-20)14(4)22/h11-12H,5-10H2,1-4H3,(H,18,23). The third-order valence-electron chi connectivity index (χ3n) is 4.52. The van der Waals surface area contributed by atoms with E-state index in [1.54, 1.807) is 22.9 Å². The van der Waals surface area contributed by atoms with Crippen molar-refractivity contribution in [3.63, 3.8) is 0 Å². The van der Waals surface area contributed by atoms with Crippen molar-refractivity contribution < 1.29 is 9.59 Å². The van der Waals surface area contributed by atoms with Gasteiger partial charge in [0.2, 0.25) is 5.91 Å². The lowest BCUT2D eigenvalue weighted by Crippen LogP contribution is -2.38. The van der Waals surface area contributed by atoms with Gasteiger partial charge in [-0.2, -0.15) is 5.10 Å². The minimum Gasteiger partial charge on any atom is -0.341 e. The van der Waals surface area contributed by atoms with E-state index >= 15 is 0 Å². The maximum Gasteiger partial charge on any atom is 0.322 e. The Morgan fingerprint density at radius 1 is 1.26 bits per heavy atom. The zero-order chi connectivity index (χ0) is 17.0. The van der Waals surface area contributed by atoms with Crippen molar-refractivity contribution in [3.8, 4) is 0 Å². The molecule has 1 aliphatic rings. The number of nitrogens with zero attached hydrogens (tertiary/aromatic N) is 4. The van der Waals surface area contributed by atoms with Gasteiger partial charge in [-0.05, 0) is 26.7 Å². The number of carbonyl (C=O) groups is 2. The summed E-state index contributed by atoms with van der Waals surface area (Å²) in [6.45, 7) is 10.3. The van der Waals surface area contributed by atoms with Crippen LogP contribution in [0.4, 0.5) is 10.5 Å². The molecule has 23 heavy (non-hydrogen) atoms. The van der Waals surface area contributed by atoms with Crippen LogP contribution in [0.15, 0.2) is 6.20 Å². The van der Waals surface area contributed by atoms with E-state index < -0.39 is 0 Å². The monoisotopic (exact) mass is 321 g/mol. The highest BCUT2D eigenvalue weighted by Gasteiger charge is 2.21. The highest BCUT2D eigenvalue weighted by molar-refractivity contribution is 5.89. The number of hydrogen-bond acceptors (Lipinski definition) is 3. The smallest absolute Gasteiger partial charge is 0.322 e. The van der Waals surface area contributed by atoms with Crippen LogP contribution in [0.2, 0.25) is 0 Å². The molecule has 3 amide bonds. The molecule has 1 aromatic rings. The van der Waals surface area contributed by atoms with E-state index in [0.717, 1.165) is 24.2 Å². The molecule has 0 aromatic carbocycles. The second kappa shape index (κ2) is 7.48. The van der Waals surface area contributed by atoms with Gasteiger partial charge < -0.3 is 15.1 Å². The Bertz CT molecular complexity index is 569. The van der Waals surface area contributed by atoms with Gasteiger partial charge >= 0.3 is 6.03 Å². The van der Waals surface area contributed by atoms with Crippen LogP contribution in [0.25, 0.3) is 0 Å².